The molecule has 0 amide bonds. The molecule has 0 aliphatic rings. The summed E-state index contributed by atoms with van der Waals surface area (Å²) >= 11 is 7.16. The number of aromatic nitrogens is 2. The van der Waals surface area contributed by atoms with Gasteiger partial charge in [-0.05, 0) is 47.9 Å². The molecule has 0 spiro atoms. The van der Waals surface area contributed by atoms with Crippen molar-refractivity contribution in [3.05, 3.63) is 52.3 Å². The van der Waals surface area contributed by atoms with Crippen molar-refractivity contribution in [3.8, 4) is 11.5 Å². The zero-order chi connectivity index (χ0) is 24.2. The van der Waals surface area contributed by atoms with Crippen LogP contribution in [0.5, 0.6) is 11.5 Å². The first-order chi connectivity index (χ1) is 15.5. The Bertz CT molecular complexity index is 1120. The number of anilines is 1. The average molecular weight is 579 g/mol. The van der Waals surface area contributed by atoms with Crippen LogP contribution in [0.25, 0.3) is 10.9 Å². The van der Waals surface area contributed by atoms with Crippen molar-refractivity contribution in [2.75, 3.05) is 24.4 Å². The number of hydrogen-bond acceptors (Lipinski definition) is 5. The van der Waals surface area contributed by atoms with Gasteiger partial charge in [0.15, 0.2) is 11.5 Å². The highest BCUT2D eigenvalue weighted by Crippen LogP contribution is 2.38. The van der Waals surface area contributed by atoms with Crippen LogP contribution in [0.2, 0.25) is 0 Å². The number of nitrogens with zero attached hydrogens (tertiary/aromatic N) is 2. The van der Waals surface area contributed by atoms with Gasteiger partial charge in [0.2, 0.25) is 0 Å². The molecular formula is C26H33Br2N3O2. The molecule has 0 fully saturated rings. The van der Waals surface area contributed by atoms with E-state index in [1.165, 1.54) is 0 Å². The Morgan fingerprint density at radius 2 is 1.76 bits per heavy atom. The van der Waals surface area contributed by atoms with Crippen LogP contribution in [0, 0.1) is 17.8 Å². The second kappa shape index (κ2) is 10.6. The first-order valence-electron chi connectivity index (χ1n) is 11.1. The molecule has 0 aliphatic heterocycles. The van der Waals surface area contributed by atoms with Gasteiger partial charge >= 0.3 is 0 Å². The monoisotopic (exact) mass is 577 g/mol. The van der Waals surface area contributed by atoms with Gasteiger partial charge in [0.05, 0.1) is 19.2 Å². The summed E-state index contributed by atoms with van der Waals surface area (Å²) in [5.74, 6) is 2.86. The van der Waals surface area contributed by atoms with E-state index in [0.717, 1.165) is 38.5 Å². The van der Waals surface area contributed by atoms with Crippen LogP contribution in [0.4, 0.5) is 5.82 Å². The van der Waals surface area contributed by atoms with Crippen molar-refractivity contribution in [2.24, 2.45) is 10.8 Å². The smallest absolute Gasteiger partial charge is 0.163 e. The van der Waals surface area contributed by atoms with Crippen LogP contribution >= 0.6 is 31.9 Å². The lowest BCUT2D eigenvalue weighted by Crippen LogP contribution is -2.29. The molecule has 3 aromatic rings. The fourth-order valence-corrected chi connectivity index (χ4v) is 4.80. The van der Waals surface area contributed by atoms with Gasteiger partial charge in [-0.1, -0.05) is 71.7 Å². The van der Waals surface area contributed by atoms with E-state index in [2.05, 4.69) is 87.0 Å². The summed E-state index contributed by atoms with van der Waals surface area (Å²) in [5, 5.41) is 5.31. The third-order valence-electron chi connectivity index (χ3n) is 5.38. The molecule has 178 valence electrons. The predicted octanol–water partition coefficient (Wildman–Crippen LogP) is 7.54. The fourth-order valence-electron chi connectivity index (χ4n) is 4.16. The highest BCUT2D eigenvalue weighted by Gasteiger charge is 2.29. The molecule has 3 rings (SSSR count). The predicted molar refractivity (Wildman–Crippen MR) is 144 cm³/mol. The number of halogens is 2. The summed E-state index contributed by atoms with van der Waals surface area (Å²) in [7, 11) is 1.66. The maximum absolute atomic E-state index is 6.29. The van der Waals surface area contributed by atoms with Crippen molar-refractivity contribution in [3.63, 3.8) is 0 Å². The molecular weight excluding hydrogens is 546 g/mol. The van der Waals surface area contributed by atoms with Gasteiger partial charge in [0.1, 0.15) is 11.6 Å². The molecule has 0 bridgehead atoms. The maximum Gasteiger partial charge on any atom is 0.163 e. The summed E-state index contributed by atoms with van der Waals surface area (Å²) in [6, 6.07) is 12.1. The Hall–Kier alpha value is -1.86. The number of alkyl halides is 1. The molecule has 0 saturated carbocycles. The van der Waals surface area contributed by atoms with Gasteiger partial charge in [-0.2, -0.15) is 0 Å². The van der Waals surface area contributed by atoms with Crippen LogP contribution in [0.3, 0.4) is 0 Å². The van der Waals surface area contributed by atoms with E-state index >= 15 is 0 Å². The van der Waals surface area contributed by atoms with Gasteiger partial charge in [0, 0.05) is 27.8 Å². The Labute approximate surface area is 214 Å². The molecule has 1 heterocycles. The molecule has 0 atom stereocenters. The Morgan fingerprint density at radius 1 is 1.00 bits per heavy atom. The summed E-state index contributed by atoms with van der Waals surface area (Å²) in [5.41, 5.74) is 2.19. The molecule has 5 nitrogen and oxygen atoms in total. The Morgan fingerprint density at radius 3 is 2.42 bits per heavy atom. The van der Waals surface area contributed by atoms with Crippen molar-refractivity contribution < 1.29 is 9.47 Å². The SMILES string of the molecule is COc1cc2c(NCc3cccc(Br)c3)nc(C)nc2cc1OCC(C)(C)CC(C)(C)CBr. The molecule has 0 saturated heterocycles. The van der Waals surface area contributed by atoms with Crippen molar-refractivity contribution in [2.45, 2.75) is 47.6 Å². The largest absolute Gasteiger partial charge is 0.493 e. The standard InChI is InChI=1S/C26H33Br2N3O2/c1-17-30-21-12-23(33-16-26(4,5)14-25(2,3)15-27)22(32-6)11-20(21)24(31-17)29-13-18-8-7-9-19(28)10-18/h7-12H,13-16H2,1-6H3,(H,29,30,31). The van der Waals surface area contributed by atoms with Crippen LogP contribution < -0.4 is 14.8 Å². The Balaban J connectivity index is 1.86. The van der Waals surface area contributed by atoms with Gasteiger partial charge in [-0.3, -0.25) is 0 Å². The van der Waals surface area contributed by atoms with E-state index in [4.69, 9.17) is 9.47 Å². The van der Waals surface area contributed by atoms with Crippen molar-refractivity contribution in [1.29, 1.82) is 0 Å². The van der Waals surface area contributed by atoms with Crippen molar-refractivity contribution in [1.82, 2.24) is 9.97 Å². The highest BCUT2D eigenvalue weighted by atomic mass is 79.9. The van der Waals surface area contributed by atoms with E-state index in [9.17, 15) is 0 Å². The molecule has 1 aromatic heterocycles. The number of nitrogens with one attached hydrogen (secondary N) is 1. The van der Waals surface area contributed by atoms with E-state index in [1.54, 1.807) is 7.11 Å². The zero-order valence-corrected chi connectivity index (χ0v) is 23.4. The number of ether oxygens (including phenoxy) is 2. The zero-order valence-electron chi connectivity index (χ0n) is 20.3. The first kappa shape index (κ1) is 25.8. The summed E-state index contributed by atoms with van der Waals surface area (Å²) in [6.07, 6.45) is 1.03. The van der Waals surface area contributed by atoms with Crippen LogP contribution in [0.15, 0.2) is 40.9 Å². The van der Waals surface area contributed by atoms with Crippen LogP contribution in [-0.2, 0) is 6.54 Å². The quantitative estimate of drug-likeness (QED) is 0.252. The number of benzene rings is 2. The summed E-state index contributed by atoms with van der Waals surface area (Å²) in [4.78, 5) is 9.30. The van der Waals surface area contributed by atoms with Crippen molar-refractivity contribution >= 4 is 48.6 Å². The minimum atomic E-state index is 0.00943. The topological polar surface area (TPSA) is 56.3 Å². The molecule has 0 radical (unpaired) electrons. The first-order valence-corrected chi connectivity index (χ1v) is 13.0. The molecule has 1 N–H and O–H groups in total. The summed E-state index contributed by atoms with van der Waals surface area (Å²) < 4.78 is 13.0. The number of aryl methyl sites for hydroxylation is 1. The number of rotatable bonds is 10. The van der Waals surface area contributed by atoms with E-state index < -0.39 is 0 Å². The lowest BCUT2D eigenvalue weighted by Gasteiger charge is -2.33. The second-order valence-corrected chi connectivity index (χ2v) is 11.5. The normalized spacial score (nSPS) is 12.1. The molecule has 7 heteroatoms. The van der Waals surface area contributed by atoms with Gasteiger partial charge in [-0.25, -0.2) is 9.97 Å². The lowest BCUT2D eigenvalue weighted by molar-refractivity contribution is 0.125. The van der Waals surface area contributed by atoms with Gasteiger partial charge in [0.25, 0.3) is 0 Å². The average Bonchev–Trinajstić information content (AvgIpc) is 2.74. The van der Waals surface area contributed by atoms with E-state index in [-0.39, 0.29) is 10.8 Å². The maximum atomic E-state index is 6.29. The fraction of sp³-hybridized carbons (Fsp3) is 0.462. The molecule has 0 unspecified atom stereocenters. The number of methoxy groups -OCH3 is 1. The third-order valence-corrected chi connectivity index (χ3v) is 7.39. The van der Waals surface area contributed by atoms with Crippen LogP contribution in [0.1, 0.15) is 45.5 Å². The van der Waals surface area contributed by atoms with Gasteiger partial charge < -0.3 is 14.8 Å². The molecule has 33 heavy (non-hydrogen) atoms. The van der Waals surface area contributed by atoms with E-state index in [0.29, 0.717) is 30.5 Å². The van der Waals surface area contributed by atoms with Crippen LogP contribution in [-0.4, -0.2) is 29.0 Å². The minimum Gasteiger partial charge on any atom is -0.493 e. The lowest BCUT2D eigenvalue weighted by atomic mass is 9.77. The summed E-state index contributed by atoms with van der Waals surface area (Å²) in [6.45, 7) is 12.2. The molecule has 2 aromatic carbocycles. The third kappa shape index (κ3) is 7.06. The van der Waals surface area contributed by atoms with Gasteiger partial charge in [-0.15, -0.1) is 0 Å². The highest BCUT2D eigenvalue weighted by molar-refractivity contribution is 9.10. The second-order valence-electron chi connectivity index (χ2n) is 10.1. The molecule has 0 aliphatic carbocycles. The minimum absolute atomic E-state index is 0.00943. The Kier molecular flexibility index (Phi) is 8.27. The number of hydrogen-bond donors (Lipinski definition) is 1. The van der Waals surface area contributed by atoms with E-state index in [1.807, 2.05) is 31.2 Å². The number of fused-ring (bicyclic) bond motifs is 1.